The van der Waals surface area contributed by atoms with Gasteiger partial charge in [0.15, 0.2) is 18.2 Å². The predicted molar refractivity (Wildman–Crippen MR) is 131 cm³/mol. The molecule has 1 atom stereocenters. The van der Waals surface area contributed by atoms with Crippen LogP contribution in [-0.4, -0.2) is 43.3 Å². The maximum absolute atomic E-state index is 13.1. The zero-order valence-corrected chi connectivity index (χ0v) is 21.2. The number of benzene rings is 1. The third-order valence-electron chi connectivity index (χ3n) is 5.81. The fraction of sp³-hybridized carbons (Fsp3) is 0.480. The summed E-state index contributed by atoms with van der Waals surface area (Å²) >= 11 is 11.1. The maximum atomic E-state index is 13.1. The molecule has 1 heterocycles. The van der Waals surface area contributed by atoms with Gasteiger partial charge in [-0.1, -0.05) is 43.1 Å². The number of halogens is 2. The maximum Gasteiger partial charge on any atom is 0.257 e. The molecule has 0 bridgehead atoms. The second-order valence-corrected chi connectivity index (χ2v) is 8.40. The summed E-state index contributed by atoms with van der Waals surface area (Å²) in [6, 6.07) is 11.2. The number of nitrogens with zero attached hydrogens (tertiary/aromatic N) is 2. The zero-order chi connectivity index (χ0) is 24.3. The average Bonchev–Trinajstić information content (AvgIpc) is 2.85. The van der Waals surface area contributed by atoms with Gasteiger partial charge >= 0.3 is 0 Å². The SMILES string of the molecule is CCCNC(=O)c1ccc[n+](COCN(C)C2(c3ccccc3Cl)CCCCC2=O)c1.CCl. The summed E-state index contributed by atoms with van der Waals surface area (Å²) in [5.41, 5.74) is 0.654. The second-order valence-electron chi connectivity index (χ2n) is 7.99. The lowest BCUT2D eigenvalue weighted by atomic mass is 9.74. The normalized spacial score (nSPS) is 17.9. The van der Waals surface area contributed by atoms with E-state index in [-0.39, 0.29) is 25.2 Å². The first kappa shape index (κ1) is 27.3. The van der Waals surface area contributed by atoms with Gasteiger partial charge in [0.1, 0.15) is 17.8 Å². The van der Waals surface area contributed by atoms with Gasteiger partial charge < -0.3 is 10.1 Å². The molecule has 1 saturated carbocycles. The molecule has 1 fully saturated rings. The summed E-state index contributed by atoms with van der Waals surface area (Å²) < 4.78 is 7.77. The number of carbonyl (C=O) groups excluding carboxylic acids is 2. The largest absolute Gasteiger partial charge is 0.352 e. The van der Waals surface area contributed by atoms with Crippen LogP contribution in [-0.2, 0) is 21.8 Å². The summed E-state index contributed by atoms with van der Waals surface area (Å²) in [7, 11) is 1.91. The quantitative estimate of drug-likeness (QED) is 0.316. The fourth-order valence-electron chi connectivity index (χ4n) is 4.17. The van der Waals surface area contributed by atoms with Gasteiger partial charge in [0.25, 0.3) is 12.6 Å². The Labute approximate surface area is 206 Å². The number of hydrogen-bond acceptors (Lipinski definition) is 4. The number of rotatable bonds is 9. The van der Waals surface area contributed by atoms with Crippen molar-refractivity contribution in [3.05, 3.63) is 64.9 Å². The van der Waals surface area contributed by atoms with Crippen molar-refractivity contribution in [1.82, 2.24) is 10.2 Å². The number of ketones is 1. The summed E-state index contributed by atoms with van der Waals surface area (Å²) in [5.74, 6) is 0.0824. The van der Waals surface area contributed by atoms with E-state index in [0.717, 1.165) is 31.2 Å². The topological polar surface area (TPSA) is 62.5 Å². The Bertz CT molecular complexity index is 925. The Hall–Kier alpha value is -1.99. The van der Waals surface area contributed by atoms with E-state index in [1.165, 1.54) is 6.38 Å². The van der Waals surface area contributed by atoms with Crippen LogP contribution in [0.25, 0.3) is 0 Å². The van der Waals surface area contributed by atoms with Gasteiger partial charge in [0.05, 0.1) is 0 Å². The first-order valence-electron chi connectivity index (χ1n) is 11.2. The van der Waals surface area contributed by atoms with Gasteiger partial charge in [-0.25, -0.2) is 0 Å². The smallest absolute Gasteiger partial charge is 0.257 e. The number of Topliss-reactive ketones (excluding diaryl/α,β-unsaturated/α-hetero) is 1. The van der Waals surface area contributed by atoms with E-state index in [4.69, 9.17) is 16.3 Å². The van der Waals surface area contributed by atoms with Crippen molar-refractivity contribution in [3.8, 4) is 0 Å². The van der Waals surface area contributed by atoms with Crippen molar-refractivity contribution in [1.29, 1.82) is 0 Å². The molecule has 1 aromatic heterocycles. The van der Waals surface area contributed by atoms with Crippen molar-refractivity contribution in [2.24, 2.45) is 0 Å². The molecule has 1 aliphatic carbocycles. The van der Waals surface area contributed by atoms with Gasteiger partial charge in [-0.05, 0) is 44.0 Å². The van der Waals surface area contributed by atoms with Crippen LogP contribution in [0, 0.1) is 0 Å². The first-order valence-corrected chi connectivity index (χ1v) is 12.3. The summed E-state index contributed by atoms with van der Waals surface area (Å²) in [4.78, 5) is 27.3. The molecule has 180 valence electrons. The zero-order valence-electron chi connectivity index (χ0n) is 19.7. The lowest BCUT2D eigenvalue weighted by Gasteiger charge is -2.43. The fourth-order valence-corrected chi connectivity index (χ4v) is 4.47. The molecule has 1 unspecified atom stereocenters. The molecule has 0 saturated heterocycles. The molecule has 1 aliphatic rings. The Morgan fingerprint density at radius 1 is 1.21 bits per heavy atom. The third kappa shape index (κ3) is 6.76. The molecule has 2 aromatic rings. The minimum Gasteiger partial charge on any atom is -0.352 e. The van der Waals surface area contributed by atoms with E-state index in [2.05, 4.69) is 16.9 Å². The number of ether oxygens (including phenoxy) is 1. The minimum atomic E-state index is -0.775. The van der Waals surface area contributed by atoms with Gasteiger partial charge in [0, 0.05) is 30.4 Å². The Morgan fingerprint density at radius 3 is 2.67 bits per heavy atom. The number of likely N-dealkylation sites (N-methyl/N-ethyl adjacent to an activating group) is 1. The molecule has 1 aromatic carbocycles. The molecular formula is C25H34Cl2N3O3+. The molecule has 0 radical (unpaired) electrons. The third-order valence-corrected chi connectivity index (χ3v) is 6.14. The highest BCUT2D eigenvalue weighted by Crippen LogP contribution is 2.42. The average molecular weight is 495 g/mol. The van der Waals surface area contributed by atoms with Gasteiger partial charge in [-0.15, -0.1) is 11.6 Å². The van der Waals surface area contributed by atoms with Crippen LogP contribution in [0.5, 0.6) is 0 Å². The molecule has 6 nitrogen and oxygen atoms in total. The minimum absolute atomic E-state index is 0.0983. The molecule has 1 N–H and O–H groups in total. The number of alkyl halides is 1. The highest BCUT2D eigenvalue weighted by Gasteiger charge is 2.46. The van der Waals surface area contributed by atoms with Crippen molar-refractivity contribution in [2.75, 3.05) is 26.7 Å². The van der Waals surface area contributed by atoms with Crippen molar-refractivity contribution in [3.63, 3.8) is 0 Å². The predicted octanol–water partition coefficient (Wildman–Crippen LogP) is 4.52. The number of aromatic nitrogens is 1. The molecule has 8 heteroatoms. The summed E-state index contributed by atoms with van der Waals surface area (Å²) in [6.45, 7) is 3.19. The van der Waals surface area contributed by atoms with Crippen LogP contribution in [0.2, 0.25) is 5.02 Å². The molecule has 0 aliphatic heterocycles. The van der Waals surface area contributed by atoms with Crippen LogP contribution in [0.4, 0.5) is 0 Å². The summed E-state index contributed by atoms with van der Waals surface area (Å²) in [5, 5.41) is 3.48. The van der Waals surface area contributed by atoms with Crippen LogP contribution < -0.4 is 9.88 Å². The van der Waals surface area contributed by atoms with Crippen LogP contribution in [0.3, 0.4) is 0 Å². The van der Waals surface area contributed by atoms with E-state index in [9.17, 15) is 9.59 Å². The molecule has 3 rings (SSSR count). The number of amides is 1. The number of nitrogens with one attached hydrogen (secondary N) is 1. The Balaban J connectivity index is 0.00000187. The van der Waals surface area contributed by atoms with E-state index >= 15 is 0 Å². The second kappa shape index (κ2) is 13.7. The number of carbonyl (C=O) groups is 2. The van der Waals surface area contributed by atoms with Crippen LogP contribution in [0.15, 0.2) is 48.8 Å². The van der Waals surface area contributed by atoms with E-state index in [1.807, 2.05) is 60.0 Å². The monoisotopic (exact) mass is 494 g/mol. The standard InChI is InChI=1S/C24H30ClN3O3.CH3Cl/c1-3-14-26-23(30)19-9-8-15-28(16-19)18-31-17-27(2)24(13-7-6-12-22(24)29)20-10-4-5-11-21(20)25;1-2/h4-5,8-11,15-16H,3,6-7,12-14,17-18H2,1-2H3;1H3/p+1. The lowest BCUT2D eigenvalue weighted by molar-refractivity contribution is -0.733. The molecule has 33 heavy (non-hydrogen) atoms. The molecule has 0 spiro atoms. The number of hydrogen-bond donors (Lipinski definition) is 1. The van der Waals surface area contributed by atoms with Gasteiger partial charge in [0.2, 0.25) is 0 Å². The Kier molecular flexibility index (Phi) is 11.3. The van der Waals surface area contributed by atoms with Gasteiger partial charge in [-0.2, -0.15) is 4.57 Å². The highest BCUT2D eigenvalue weighted by atomic mass is 35.5. The van der Waals surface area contributed by atoms with Crippen molar-refractivity contribution >= 4 is 34.9 Å². The lowest BCUT2D eigenvalue weighted by Crippen LogP contribution is -2.53. The molecule has 1 amide bonds. The van der Waals surface area contributed by atoms with Crippen LogP contribution in [0.1, 0.15) is 54.9 Å². The van der Waals surface area contributed by atoms with Crippen LogP contribution >= 0.6 is 23.2 Å². The van der Waals surface area contributed by atoms with E-state index in [0.29, 0.717) is 23.6 Å². The van der Waals surface area contributed by atoms with E-state index < -0.39 is 5.54 Å². The van der Waals surface area contributed by atoms with E-state index in [1.54, 1.807) is 12.3 Å². The Morgan fingerprint density at radius 2 is 1.97 bits per heavy atom. The molecular weight excluding hydrogens is 461 g/mol. The highest BCUT2D eigenvalue weighted by molar-refractivity contribution is 6.31. The van der Waals surface area contributed by atoms with Crippen molar-refractivity contribution < 1.29 is 18.9 Å². The first-order chi connectivity index (χ1) is 16.0. The van der Waals surface area contributed by atoms with Crippen molar-refractivity contribution in [2.45, 2.75) is 51.3 Å². The van der Waals surface area contributed by atoms with Gasteiger partial charge in [-0.3, -0.25) is 14.5 Å². The summed E-state index contributed by atoms with van der Waals surface area (Å²) in [6.07, 6.45) is 9.11. The number of pyridine rings is 1.